The van der Waals surface area contributed by atoms with Crippen LogP contribution in [0.25, 0.3) is 0 Å². The summed E-state index contributed by atoms with van der Waals surface area (Å²) >= 11 is 6.02. The predicted octanol–water partition coefficient (Wildman–Crippen LogP) is 7.32. The predicted molar refractivity (Wildman–Crippen MR) is 139 cm³/mol. The monoisotopic (exact) mass is 522 g/mol. The SMILES string of the molecule is C=C(CN1CCC(C)C1)N(Cc1ccc(C2=NN=C(C(F)F)C2)cc1F)c1ccc(F)c(Cl)c1.CC. The van der Waals surface area contributed by atoms with Crippen LogP contribution >= 0.6 is 11.6 Å². The molecule has 4 nitrogen and oxygen atoms in total. The molecule has 0 bridgehead atoms. The van der Waals surface area contributed by atoms with Crippen LogP contribution in [0.5, 0.6) is 0 Å². The first kappa shape index (κ1) is 27.9. The summed E-state index contributed by atoms with van der Waals surface area (Å²) in [6.45, 7) is 13.0. The van der Waals surface area contributed by atoms with Crippen LogP contribution in [0.3, 0.4) is 0 Å². The molecule has 0 aromatic heterocycles. The molecule has 2 aromatic rings. The minimum absolute atomic E-state index is 0.0324. The van der Waals surface area contributed by atoms with E-state index in [9.17, 15) is 13.2 Å². The Balaban J connectivity index is 0.00000176. The van der Waals surface area contributed by atoms with Crippen LogP contribution in [0.4, 0.5) is 23.2 Å². The van der Waals surface area contributed by atoms with Crippen LogP contribution in [-0.4, -0.2) is 42.4 Å². The van der Waals surface area contributed by atoms with Gasteiger partial charge in [-0.25, -0.2) is 17.6 Å². The van der Waals surface area contributed by atoms with E-state index in [2.05, 4.69) is 28.6 Å². The lowest BCUT2D eigenvalue weighted by Crippen LogP contribution is -2.31. The molecule has 0 aliphatic carbocycles. The lowest BCUT2D eigenvalue weighted by Gasteiger charge is -2.30. The molecule has 2 aromatic carbocycles. The molecule has 0 saturated carbocycles. The summed E-state index contributed by atoms with van der Waals surface area (Å²) in [6, 6.07) is 8.87. The molecular formula is C27H31ClF4N4. The topological polar surface area (TPSA) is 31.2 Å². The standard InChI is InChI=1S/C25H25ClF4N4.C2H6/c1-15-7-8-33(12-15)13-16(2)34(19-5-6-21(27)20(26)10-19)14-18-4-3-17(9-22(18)28)23-11-24(25(29)30)32-31-23;1-2/h3-6,9-10,15,25H,2,7-8,11-14H2,1H3;1-2H3. The van der Waals surface area contributed by atoms with Gasteiger partial charge in [0.05, 0.1) is 17.3 Å². The van der Waals surface area contributed by atoms with Crippen LogP contribution < -0.4 is 4.90 Å². The number of rotatable bonds is 8. The van der Waals surface area contributed by atoms with Gasteiger partial charge < -0.3 is 4.90 Å². The number of nitrogens with zero attached hydrogens (tertiary/aromatic N) is 4. The van der Waals surface area contributed by atoms with Gasteiger partial charge in [-0.05, 0) is 43.1 Å². The lowest BCUT2D eigenvalue weighted by atomic mass is 10.0. The molecule has 0 N–H and O–H groups in total. The highest BCUT2D eigenvalue weighted by molar-refractivity contribution is 6.31. The first-order valence-corrected chi connectivity index (χ1v) is 12.4. The van der Waals surface area contributed by atoms with Gasteiger partial charge in [-0.1, -0.05) is 51.1 Å². The molecule has 36 heavy (non-hydrogen) atoms. The molecule has 0 spiro atoms. The average Bonchev–Trinajstić information content (AvgIpc) is 3.51. The minimum Gasteiger partial charge on any atom is -0.340 e. The number of alkyl halides is 2. The summed E-state index contributed by atoms with van der Waals surface area (Å²) in [4.78, 5) is 4.10. The van der Waals surface area contributed by atoms with Crippen molar-refractivity contribution in [1.29, 1.82) is 0 Å². The van der Waals surface area contributed by atoms with Crippen molar-refractivity contribution >= 4 is 28.7 Å². The van der Waals surface area contributed by atoms with E-state index in [1.807, 2.05) is 18.7 Å². The summed E-state index contributed by atoms with van der Waals surface area (Å²) in [7, 11) is 0. The fraction of sp³-hybridized carbons (Fsp3) is 0.407. The van der Waals surface area contributed by atoms with Crippen molar-refractivity contribution in [2.24, 2.45) is 16.1 Å². The quantitative estimate of drug-likeness (QED) is 0.340. The normalized spacial score (nSPS) is 17.5. The highest BCUT2D eigenvalue weighted by Crippen LogP contribution is 2.29. The maximum atomic E-state index is 15.1. The van der Waals surface area contributed by atoms with Gasteiger partial charge in [0, 0.05) is 42.0 Å². The molecule has 0 radical (unpaired) electrons. The molecule has 9 heteroatoms. The van der Waals surface area contributed by atoms with Crippen LogP contribution in [0.15, 0.2) is 58.9 Å². The fourth-order valence-electron chi connectivity index (χ4n) is 4.22. The zero-order valence-corrected chi connectivity index (χ0v) is 21.5. The summed E-state index contributed by atoms with van der Waals surface area (Å²) in [5, 5.41) is 7.23. The maximum Gasteiger partial charge on any atom is 0.278 e. The van der Waals surface area contributed by atoms with Gasteiger partial charge in [-0.3, -0.25) is 4.90 Å². The van der Waals surface area contributed by atoms with Crippen LogP contribution in [0.1, 0.15) is 44.7 Å². The molecule has 0 amide bonds. The molecule has 1 unspecified atom stereocenters. The zero-order valence-electron chi connectivity index (χ0n) is 20.7. The van der Waals surface area contributed by atoms with Gasteiger partial charge in [0.1, 0.15) is 17.3 Å². The summed E-state index contributed by atoms with van der Waals surface area (Å²) in [6.07, 6.45) is -1.69. The molecule has 4 rings (SSSR count). The van der Waals surface area contributed by atoms with Gasteiger partial charge in [0.2, 0.25) is 0 Å². The third-order valence-corrected chi connectivity index (χ3v) is 6.41. The molecule has 1 atom stereocenters. The van der Waals surface area contributed by atoms with E-state index in [0.29, 0.717) is 35.0 Å². The van der Waals surface area contributed by atoms with Gasteiger partial charge in [-0.2, -0.15) is 10.2 Å². The van der Waals surface area contributed by atoms with Gasteiger partial charge in [-0.15, -0.1) is 0 Å². The number of hydrogen-bond donors (Lipinski definition) is 0. The summed E-state index contributed by atoms with van der Waals surface area (Å²) < 4.78 is 54.6. The van der Waals surface area contributed by atoms with Crippen molar-refractivity contribution in [3.05, 3.63) is 76.5 Å². The average molecular weight is 523 g/mol. The van der Waals surface area contributed by atoms with E-state index in [4.69, 9.17) is 11.6 Å². The van der Waals surface area contributed by atoms with Crippen LogP contribution in [0.2, 0.25) is 5.02 Å². The second kappa shape index (κ2) is 12.5. The fourth-order valence-corrected chi connectivity index (χ4v) is 4.40. The zero-order chi connectivity index (χ0) is 26.4. The molecule has 2 heterocycles. The van der Waals surface area contributed by atoms with E-state index in [0.717, 1.165) is 25.2 Å². The second-order valence-electron chi connectivity index (χ2n) is 8.80. The Kier molecular flexibility index (Phi) is 9.68. The number of benzene rings is 2. The smallest absolute Gasteiger partial charge is 0.278 e. The lowest BCUT2D eigenvalue weighted by molar-refractivity contribution is 0.224. The van der Waals surface area contributed by atoms with Crippen LogP contribution in [0, 0.1) is 17.6 Å². The van der Waals surface area contributed by atoms with Crippen molar-refractivity contribution in [3.8, 4) is 0 Å². The van der Waals surface area contributed by atoms with E-state index >= 15 is 4.39 Å². The molecular weight excluding hydrogens is 492 g/mol. The number of halogens is 5. The Bertz CT molecular complexity index is 1150. The molecule has 2 aliphatic heterocycles. The third kappa shape index (κ3) is 6.73. The van der Waals surface area contributed by atoms with Crippen molar-refractivity contribution < 1.29 is 17.6 Å². The minimum atomic E-state index is -2.69. The number of hydrogen-bond acceptors (Lipinski definition) is 4. The molecule has 1 fully saturated rings. The van der Waals surface area contributed by atoms with E-state index in [-0.39, 0.29) is 23.7 Å². The van der Waals surface area contributed by atoms with Crippen molar-refractivity contribution in [1.82, 2.24) is 4.90 Å². The van der Waals surface area contributed by atoms with Crippen molar-refractivity contribution in [2.75, 3.05) is 24.5 Å². The van der Waals surface area contributed by atoms with Gasteiger partial charge >= 0.3 is 0 Å². The van der Waals surface area contributed by atoms with E-state index in [1.165, 1.54) is 18.2 Å². The van der Waals surface area contributed by atoms with Gasteiger partial charge in [0.25, 0.3) is 6.43 Å². The van der Waals surface area contributed by atoms with Crippen molar-refractivity contribution in [2.45, 2.75) is 46.6 Å². The Morgan fingerprint density at radius 1 is 1.14 bits per heavy atom. The first-order chi connectivity index (χ1) is 17.2. The molecule has 2 aliphatic rings. The highest BCUT2D eigenvalue weighted by atomic mass is 35.5. The maximum absolute atomic E-state index is 15.1. The number of anilines is 1. The second-order valence-corrected chi connectivity index (χ2v) is 9.21. The Morgan fingerprint density at radius 3 is 2.47 bits per heavy atom. The Labute approximate surface area is 215 Å². The summed E-state index contributed by atoms with van der Waals surface area (Å²) in [5.74, 6) is -0.450. The van der Waals surface area contributed by atoms with Gasteiger partial charge in [0.15, 0.2) is 0 Å². The summed E-state index contributed by atoms with van der Waals surface area (Å²) in [5.41, 5.74) is 2.08. The van der Waals surface area contributed by atoms with Crippen molar-refractivity contribution in [3.63, 3.8) is 0 Å². The van der Waals surface area contributed by atoms with E-state index < -0.39 is 18.1 Å². The van der Waals surface area contributed by atoms with Crippen LogP contribution in [-0.2, 0) is 6.54 Å². The number of likely N-dealkylation sites (tertiary alicyclic amines) is 1. The Hall–Kier alpha value is -2.71. The largest absolute Gasteiger partial charge is 0.340 e. The highest BCUT2D eigenvalue weighted by Gasteiger charge is 2.24. The molecule has 1 saturated heterocycles. The molecule has 194 valence electrons. The third-order valence-electron chi connectivity index (χ3n) is 6.13. The van der Waals surface area contributed by atoms with E-state index in [1.54, 1.807) is 18.2 Å². The Morgan fingerprint density at radius 2 is 1.89 bits per heavy atom. The first-order valence-electron chi connectivity index (χ1n) is 12.0.